The van der Waals surface area contributed by atoms with E-state index in [9.17, 15) is 14.4 Å². The summed E-state index contributed by atoms with van der Waals surface area (Å²) in [6.45, 7) is 9.73. The van der Waals surface area contributed by atoms with Crippen LogP contribution in [-0.4, -0.2) is 38.7 Å². The number of benzene rings is 1. The molecule has 166 valence electrons. The maximum Gasteiger partial charge on any atom is 0.745 e. The van der Waals surface area contributed by atoms with E-state index >= 15 is 0 Å². The monoisotopic (exact) mass is 440 g/mol. The van der Waals surface area contributed by atoms with Gasteiger partial charge in [-0.3, -0.25) is 14.4 Å². The summed E-state index contributed by atoms with van der Waals surface area (Å²) in [5, 5.41) is 0. The van der Waals surface area contributed by atoms with Crippen molar-refractivity contribution in [2.24, 2.45) is 5.92 Å². The van der Waals surface area contributed by atoms with Crippen molar-refractivity contribution in [2.45, 2.75) is 60.4 Å². The molecule has 1 heterocycles. The van der Waals surface area contributed by atoms with Gasteiger partial charge in [-0.15, -0.1) is 0 Å². The van der Waals surface area contributed by atoms with Crippen LogP contribution in [0.4, 0.5) is 0 Å². The van der Waals surface area contributed by atoms with Gasteiger partial charge in [0, 0.05) is 39.2 Å². The molecule has 0 fully saturated rings. The third-order valence-corrected chi connectivity index (χ3v) is 6.97. The van der Waals surface area contributed by atoms with E-state index < -0.39 is 38.7 Å². The summed E-state index contributed by atoms with van der Waals surface area (Å²) >= 11 is 0. The summed E-state index contributed by atoms with van der Waals surface area (Å²) in [5.74, 6) is -1.73. The normalized spacial score (nSPS) is 19.0. The van der Waals surface area contributed by atoms with Gasteiger partial charge in [-0.25, -0.2) is 0 Å². The lowest BCUT2D eigenvalue weighted by Crippen LogP contribution is -2.54. The summed E-state index contributed by atoms with van der Waals surface area (Å²) < 4.78 is 33.0. The summed E-state index contributed by atoms with van der Waals surface area (Å²) in [4.78, 5) is 34.5. The van der Waals surface area contributed by atoms with Gasteiger partial charge in [-0.1, -0.05) is 13.8 Å². The Morgan fingerprint density at radius 1 is 1.10 bits per heavy atom. The minimum Gasteiger partial charge on any atom is -0.485 e. The van der Waals surface area contributed by atoms with Crippen molar-refractivity contribution in [3.63, 3.8) is 0 Å². The second-order valence-electron chi connectivity index (χ2n) is 7.24. The molecule has 0 saturated carbocycles. The van der Waals surface area contributed by atoms with E-state index in [4.69, 9.17) is 27.5 Å². The van der Waals surface area contributed by atoms with Crippen molar-refractivity contribution in [2.75, 3.05) is 6.23 Å². The SMILES string of the molecule is CCC(C)C1(C)OCc2cc(OC[Si](OC(C)=O)(OC(C)=O)OC(C)=O)ccc2O1. The molecular weight excluding hydrogens is 412 g/mol. The minimum absolute atomic E-state index is 0.199. The molecule has 2 rings (SSSR count). The Morgan fingerprint density at radius 2 is 1.67 bits per heavy atom. The van der Waals surface area contributed by atoms with Crippen molar-refractivity contribution in [3.8, 4) is 11.5 Å². The summed E-state index contributed by atoms with van der Waals surface area (Å²) in [6, 6.07) is 5.12. The number of fused-ring (bicyclic) bond motifs is 1. The van der Waals surface area contributed by atoms with Gasteiger partial charge < -0.3 is 27.5 Å². The van der Waals surface area contributed by atoms with Crippen molar-refractivity contribution < 1.29 is 41.9 Å². The van der Waals surface area contributed by atoms with Crippen LogP contribution in [0, 0.1) is 5.92 Å². The van der Waals surface area contributed by atoms with Gasteiger partial charge in [0.1, 0.15) is 11.5 Å². The van der Waals surface area contributed by atoms with Crippen molar-refractivity contribution in [1.29, 1.82) is 0 Å². The maximum absolute atomic E-state index is 11.5. The molecule has 2 atom stereocenters. The first kappa shape index (κ1) is 23.7. The largest absolute Gasteiger partial charge is 0.745 e. The predicted molar refractivity (Wildman–Crippen MR) is 106 cm³/mol. The van der Waals surface area contributed by atoms with E-state index in [1.165, 1.54) is 0 Å². The van der Waals surface area contributed by atoms with Crippen LogP contribution < -0.4 is 9.47 Å². The quantitative estimate of drug-likeness (QED) is 0.564. The highest BCUT2D eigenvalue weighted by Gasteiger charge is 2.53. The predicted octanol–water partition coefficient (Wildman–Crippen LogP) is 2.90. The molecule has 1 aromatic rings. The lowest BCUT2D eigenvalue weighted by molar-refractivity contribution is -0.223. The lowest BCUT2D eigenvalue weighted by Gasteiger charge is -2.39. The Hall–Kier alpha value is -2.59. The topological polar surface area (TPSA) is 107 Å². The Balaban J connectivity index is 2.19. The fourth-order valence-corrected chi connectivity index (χ4v) is 4.88. The van der Waals surface area contributed by atoms with E-state index in [0.717, 1.165) is 32.8 Å². The molecule has 0 aromatic heterocycles. The molecule has 0 spiro atoms. The van der Waals surface area contributed by atoms with Crippen LogP contribution in [0.3, 0.4) is 0 Å². The summed E-state index contributed by atoms with van der Waals surface area (Å²) in [5.41, 5.74) is 0.771. The molecule has 2 unspecified atom stereocenters. The van der Waals surface area contributed by atoms with Crippen LogP contribution in [0.15, 0.2) is 18.2 Å². The van der Waals surface area contributed by atoms with Gasteiger partial charge in [0.2, 0.25) is 5.79 Å². The number of carbonyl (C=O) groups excluding carboxylic acids is 3. The zero-order chi connectivity index (χ0) is 22.5. The van der Waals surface area contributed by atoms with Crippen LogP contribution in [0.2, 0.25) is 0 Å². The molecule has 0 amide bonds. The van der Waals surface area contributed by atoms with Gasteiger partial charge in [-0.2, -0.15) is 0 Å². The summed E-state index contributed by atoms with van der Waals surface area (Å²) in [7, 11) is -4.08. The zero-order valence-electron chi connectivity index (χ0n) is 18.1. The smallest absolute Gasteiger partial charge is 0.485 e. The molecule has 0 N–H and O–H groups in total. The molecule has 1 aliphatic rings. The van der Waals surface area contributed by atoms with Gasteiger partial charge >= 0.3 is 8.80 Å². The van der Waals surface area contributed by atoms with Crippen LogP contribution in [0.5, 0.6) is 11.5 Å². The van der Waals surface area contributed by atoms with Crippen LogP contribution >= 0.6 is 0 Å². The van der Waals surface area contributed by atoms with Crippen LogP contribution in [0.25, 0.3) is 0 Å². The lowest BCUT2D eigenvalue weighted by atomic mass is 9.98. The molecule has 0 radical (unpaired) electrons. The first-order valence-electron chi connectivity index (χ1n) is 9.66. The minimum atomic E-state index is -4.08. The van der Waals surface area contributed by atoms with E-state index in [0.29, 0.717) is 18.1 Å². The molecule has 9 nitrogen and oxygen atoms in total. The van der Waals surface area contributed by atoms with Gasteiger partial charge in [0.25, 0.3) is 17.9 Å². The third-order valence-electron chi connectivity index (χ3n) is 4.68. The summed E-state index contributed by atoms with van der Waals surface area (Å²) in [6.07, 6.45) is 0.485. The molecule has 0 aliphatic carbocycles. The molecule has 1 aromatic carbocycles. The molecule has 0 saturated heterocycles. The molecule has 0 bridgehead atoms. The van der Waals surface area contributed by atoms with E-state index in [-0.39, 0.29) is 5.92 Å². The van der Waals surface area contributed by atoms with Crippen molar-refractivity contribution in [3.05, 3.63) is 23.8 Å². The number of carbonyl (C=O) groups is 3. The molecule has 30 heavy (non-hydrogen) atoms. The van der Waals surface area contributed by atoms with E-state index in [1.54, 1.807) is 18.2 Å². The fraction of sp³-hybridized carbons (Fsp3) is 0.550. The Bertz CT molecular complexity index is 769. The van der Waals surface area contributed by atoms with E-state index in [2.05, 4.69) is 13.8 Å². The van der Waals surface area contributed by atoms with E-state index in [1.807, 2.05) is 6.92 Å². The number of hydrogen-bond donors (Lipinski definition) is 0. The zero-order valence-corrected chi connectivity index (χ0v) is 19.1. The van der Waals surface area contributed by atoms with Gasteiger partial charge in [-0.05, 0) is 24.6 Å². The standard InChI is InChI=1S/C20H28O9Si/c1-7-13(2)20(6)25-11-17-10-18(8-9-19(17)26-20)24-12-30(27-14(3)21,28-15(4)22)29-16(5)23/h8-10,13H,7,11-12H2,1-6H3. The Morgan fingerprint density at radius 3 is 2.17 bits per heavy atom. The average molecular weight is 441 g/mol. The van der Waals surface area contributed by atoms with Gasteiger partial charge in [0.05, 0.1) is 6.61 Å². The third kappa shape index (κ3) is 5.96. The van der Waals surface area contributed by atoms with Crippen LogP contribution in [-0.2, 0) is 39.0 Å². The second kappa shape index (κ2) is 9.48. The highest BCUT2D eigenvalue weighted by molar-refractivity contribution is 6.65. The molecular formula is C20H28O9Si. The van der Waals surface area contributed by atoms with Crippen molar-refractivity contribution >= 4 is 26.7 Å². The number of hydrogen-bond acceptors (Lipinski definition) is 9. The highest BCUT2D eigenvalue weighted by Crippen LogP contribution is 2.38. The van der Waals surface area contributed by atoms with Crippen molar-refractivity contribution in [1.82, 2.24) is 0 Å². The number of ether oxygens (including phenoxy) is 3. The first-order chi connectivity index (χ1) is 14.0. The fourth-order valence-electron chi connectivity index (χ4n) is 2.92. The first-order valence-corrected chi connectivity index (χ1v) is 11.6. The molecule has 10 heteroatoms. The Labute approximate surface area is 176 Å². The van der Waals surface area contributed by atoms with Crippen LogP contribution in [0.1, 0.15) is 53.5 Å². The highest BCUT2D eigenvalue weighted by atomic mass is 28.4. The Kier molecular flexibility index (Phi) is 7.48. The maximum atomic E-state index is 11.5. The average Bonchev–Trinajstić information content (AvgIpc) is 2.64. The number of rotatable bonds is 8. The van der Waals surface area contributed by atoms with Gasteiger partial charge in [0.15, 0.2) is 6.23 Å². The second-order valence-corrected chi connectivity index (χ2v) is 9.51. The molecule has 1 aliphatic heterocycles.